The Morgan fingerprint density at radius 2 is 2.07 bits per heavy atom. The standard InChI is InChI=1S/C21H18Cl2N2O3/c1-4-7-28-20-17(23)9-14(10-19(20)27-3)8-15(12-24)21(26)25-18-11-16(22)6-5-13(18)2/h4-6,8-11H,1,7H2,2-3H3,(H,25,26)/b15-8+. The summed E-state index contributed by atoms with van der Waals surface area (Å²) in [5.74, 6) is 0.178. The molecule has 0 heterocycles. The molecule has 0 saturated heterocycles. The van der Waals surface area contributed by atoms with E-state index < -0.39 is 5.91 Å². The monoisotopic (exact) mass is 416 g/mol. The third-order valence-electron chi connectivity index (χ3n) is 3.72. The first kappa shape index (κ1) is 21.4. The first-order chi connectivity index (χ1) is 13.4. The van der Waals surface area contributed by atoms with Crippen molar-refractivity contribution in [3.8, 4) is 17.6 Å². The molecule has 2 rings (SSSR count). The van der Waals surface area contributed by atoms with Gasteiger partial charge in [-0.25, -0.2) is 0 Å². The first-order valence-electron chi connectivity index (χ1n) is 8.20. The maximum absolute atomic E-state index is 12.5. The molecule has 7 heteroatoms. The molecule has 0 aromatic heterocycles. The van der Waals surface area contributed by atoms with Crippen LogP contribution in [-0.2, 0) is 4.79 Å². The van der Waals surface area contributed by atoms with Crippen LogP contribution in [0.5, 0.6) is 11.5 Å². The fourth-order valence-electron chi connectivity index (χ4n) is 2.34. The summed E-state index contributed by atoms with van der Waals surface area (Å²) in [4.78, 5) is 12.5. The zero-order valence-corrected chi connectivity index (χ0v) is 16.9. The minimum Gasteiger partial charge on any atom is -0.493 e. The molecular formula is C21H18Cl2N2O3. The van der Waals surface area contributed by atoms with Crippen LogP contribution in [0.15, 0.2) is 48.6 Å². The second-order valence-corrected chi connectivity index (χ2v) is 6.56. The van der Waals surface area contributed by atoms with E-state index in [1.807, 2.05) is 13.0 Å². The number of hydrogen-bond acceptors (Lipinski definition) is 4. The van der Waals surface area contributed by atoms with Crippen LogP contribution in [0, 0.1) is 18.3 Å². The van der Waals surface area contributed by atoms with Crippen molar-refractivity contribution in [2.45, 2.75) is 6.92 Å². The number of amides is 1. The van der Waals surface area contributed by atoms with Crippen molar-refractivity contribution in [2.75, 3.05) is 19.0 Å². The van der Waals surface area contributed by atoms with Crippen LogP contribution in [0.2, 0.25) is 10.0 Å². The third kappa shape index (κ3) is 5.29. The number of methoxy groups -OCH3 is 1. The summed E-state index contributed by atoms with van der Waals surface area (Å²) in [6, 6.07) is 10.2. The highest BCUT2D eigenvalue weighted by Crippen LogP contribution is 2.37. The van der Waals surface area contributed by atoms with Crippen LogP contribution in [0.4, 0.5) is 5.69 Å². The van der Waals surface area contributed by atoms with E-state index >= 15 is 0 Å². The lowest BCUT2D eigenvalue weighted by Crippen LogP contribution is -2.14. The molecule has 5 nitrogen and oxygen atoms in total. The molecule has 0 aliphatic rings. The highest BCUT2D eigenvalue weighted by Gasteiger charge is 2.15. The summed E-state index contributed by atoms with van der Waals surface area (Å²) in [5.41, 5.74) is 1.77. The van der Waals surface area contributed by atoms with Gasteiger partial charge in [-0.3, -0.25) is 4.79 Å². The van der Waals surface area contributed by atoms with Crippen molar-refractivity contribution in [3.63, 3.8) is 0 Å². The highest BCUT2D eigenvalue weighted by molar-refractivity contribution is 6.32. The number of anilines is 1. The van der Waals surface area contributed by atoms with Crippen molar-refractivity contribution < 1.29 is 14.3 Å². The number of benzene rings is 2. The van der Waals surface area contributed by atoms with Crippen molar-refractivity contribution in [3.05, 3.63) is 69.7 Å². The van der Waals surface area contributed by atoms with Gasteiger partial charge in [0.2, 0.25) is 0 Å². The van der Waals surface area contributed by atoms with Gasteiger partial charge in [-0.15, -0.1) is 0 Å². The molecule has 0 aliphatic carbocycles. The molecule has 0 atom stereocenters. The molecule has 28 heavy (non-hydrogen) atoms. The third-order valence-corrected chi connectivity index (χ3v) is 4.24. The van der Waals surface area contributed by atoms with Gasteiger partial charge >= 0.3 is 0 Å². The van der Waals surface area contributed by atoms with Gasteiger partial charge in [0, 0.05) is 10.7 Å². The highest BCUT2D eigenvalue weighted by atomic mass is 35.5. The van der Waals surface area contributed by atoms with Gasteiger partial charge in [0.1, 0.15) is 18.2 Å². The smallest absolute Gasteiger partial charge is 0.266 e. The lowest BCUT2D eigenvalue weighted by Gasteiger charge is -2.12. The molecule has 0 fully saturated rings. The summed E-state index contributed by atoms with van der Waals surface area (Å²) in [5, 5.41) is 12.9. The van der Waals surface area contributed by atoms with E-state index in [9.17, 15) is 10.1 Å². The average Bonchev–Trinajstić information content (AvgIpc) is 2.67. The zero-order valence-electron chi connectivity index (χ0n) is 15.4. The van der Waals surface area contributed by atoms with E-state index in [2.05, 4.69) is 11.9 Å². The Morgan fingerprint density at radius 3 is 2.71 bits per heavy atom. The Hall–Kier alpha value is -2.94. The van der Waals surface area contributed by atoms with E-state index in [1.54, 1.807) is 36.4 Å². The second-order valence-electron chi connectivity index (χ2n) is 5.72. The molecule has 0 spiro atoms. The summed E-state index contributed by atoms with van der Waals surface area (Å²) >= 11 is 12.2. The number of nitrogens with zero attached hydrogens (tertiary/aromatic N) is 1. The fourth-order valence-corrected chi connectivity index (χ4v) is 2.79. The topological polar surface area (TPSA) is 71.3 Å². The number of nitriles is 1. The number of carbonyl (C=O) groups excluding carboxylic acids is 1. The quantitative estimate of drug-likeness (QED) is 0.371. The molecule has 1 amide bonds. The SMILES string of the molecule is C=CCOc1c(Cl)cc(/C=C(\C#N)C(=O)Nc2cc(Cl)ccc2C)cc1OC. The van der Waals surface area contributed by atoms with Crippen LogP contribution < -0.4 is 14.8 Å². The predicted molar refractivity (Wildman–Crippen MR) is 112 cm³/mol. The molecule has 0 saturated carbocycles. The van der Waals surface area contributed by atoms with Gasteiger partial charge in [0.05, 0.1) is 12.1 Å². The number of hydrogen-bond donors (Lipinski definition) is 1. The molecule has 0 radical (unpaired) electrons. The lowest BCUT2D eigenvalue weighted by atomic mass is 10.1. The predicted octanol–water partition coefficient (Wildman–Crippen LogP) is 5.42. The summed E-state index contributed by atoms with van der Waals surface area (Å²) in [6.45, 7) is 5.67. The molecule has 144 valence electrons. The minimum atomic E-state index is -0.560. The maximum Gasteiger partial charge on any atom is 0.266 e. The molecule has 1 N–H and O–H groups in total. The van der Waals surface area contributed by atoms with Crippen LogP contribution in [0.3, 0.4) is 0 Å². The van der Waals surface area contributed by atoms with E-state index in [0.29, 0.717) is 27.8 Å². The number of halogens is 2. The van der Waals surface area contributed by atoms with Crippen LogP contribution >= 0.6 is 23.2 Å². The van der Waals surface area contributed by atoms with Crippen molar-refractivity contribution in [2.24, 2.45) is 0 Å². The number of ether oxygens (including phenoxy) is 2. The summed E-state index contributed by atoms with van der Waals surface area (Å²) in [6.07, 6.45) is 3.00. The Morgan fingerprint density at radius 1 is 1.32 bits per heavy atom. The van der Waals surface area contributed by atoms with Crippen molar-refractivity contribution in [1.29, 1.82) is 5.26 Å². The number of carbonyl (C=O) groups is 1. The van der Waals surface area contributed by atoms with Crippen molar-refractivity contribution >= 4 is 40.9 Å². The Kier molecular flexibility index (Phi) is 7.51. The van der Waals surface area contributed by atoms with Gasteiger partial charge in [0.25, 0.3) is 5.91 Å². The minimum absolute atomic E-state index is 0.0998. The normalized spacial score (nSPS) is 10.8. The summed E-state index contributed by atoms with van der Waals surface area (Å²) < 4.78 is 10.8. The zero-order chi connectivity index (χ0) is 20.7. The van der Waals surface area contributed by atoms with Crippen LogP contribution in [-0.4, -0.2) is 19.6 Å². The van der Waals surface area contributed by atoms with Gasteiger partial charge in [-0.05, 0) is 48.4 Å². The molecule has 2 aromatic carbocycles. The number of rotatable bonds is 7. The van der Waals surface area contributed by atoms with Crippen LogP contribution in [0.1, 0.15) is 11.1 Å². The number of nitrogens with one attached hydrogen (secondary N) is 1. The summed E-state index contributed by atoms with van der Waals surface area (Å²) in [7, 11) is 1.47. The molecular weight excluding hydrogens is 399 g/mol. The Labute approximate surface area is 173 Å². The van der Waals surface area contributed by atoms with E-state index in [0.717, 1.165) is 5.56 Å². The van der Waals surface area contributed by atoms with Gasteiger partial charge < -0.3 is 14.8 Å². The second kappa shape index (κ2) is 9.84. The van der Waals surface area contributed by atoms with Gasteiger partial charge in [0.15, 0.2) is 11.5 Å². The lowest BCUT2D eigenvalue weighted by molar-refractivity contribution is -0.112. The largest absolute Gasteiger partial charge is 0.493 e. The van der Waals surface area contributed by atoms with Gasteiger partial charge in [-0.2, -0.15) is 5.26 Å². The molecule has 0 bridgehead atoms. The molecule has 2 aromatic rings. The van der Waals surface area contributed by atoms with Gasteiger partial charge in [-0.1, -0.05) is 41.9 Å². The fraction of sp³-hybridized carbons (Fsp3) is 0.143. The average molecular weight is 417 g/mol. The molecule has 0 unspecified atom stereocenters. The van der Waals surface area contributed by atoms with E-state index in [-0.39, 0.29) is 17.2 Å². The van der Waals surface area contributed by atoms with E-state index in [1.165, 1.54) is 13.2 Å². The first-order valence-corrected chi connectivity index (χ1v) is 8.95. The van der Waals surface area contributed by atoms with Crippen molar-refractivity contribution in [1.82, 2.24) is 0 Å². The Balaban J connectivity index is 2.34. The number of aryl methyl sites for hydroxylation is 1. The maximum atomic E-state index is 12.5. The van der Waals surface area contributed by atoms with E-state index in [4.69, 9.17) is 32.7 Å². The van der Waals surface area contributed by atoms with Crippen LogP contribution in [0.25, 0.3) is 6.08 Å². The Bertz CT molecular complexity index is 978. The molecule has 0 aliphatic heterocycles.